The molecule has 0 saturated carbocycles. The van der Waals surface area contributed by atoms with Crippen LogP contribution >= 0.6 is 0 Å². The quantitative estimate of drug-likeness (QED) is 0.904. The molecule has 116 valence electrons. The summed E-state index contributed by atoms with van der Waals surface area (Å²) < 4.78 is 10.8. The molecule has 2 atom stereocenters. The molecule has 2 saturated heterocycles. The number of piperidine rings is 1. The van der Waals surface area contributed by atoms with E-state index >= 15 is 0 Å². The second-order valence-electron chi connectivity index (χ2n) is 6.06. The molecule has 0 aromatic heterocycles. The number of nitrogens with zero attached hydrogens (tertiary/aromatic N) is 1. The SMILES string of the molecule is CCNC1CC2CCC(C1)N2c1ccc(OC)c(OC)c1. The Morgan fingerprint density at radius 3 is 2.33 bits per heavy atom. The molecule has 1 aromatic carbocycles. The number of rotatable bonds is 5. The predicted octanol–water partition coefficient (Wildman–Crippen LogP) is 2.81. The minimum Gasteiger partial charge on any atom is -0.493 e. The van der Waals surface area contributed by atoms with E-state index in [0.29, 0.717) is 18.1 Å². The monoisotopic (exact) mass is 290 g/mol. The fourth-order valence-electron chi connectivity index (χ4n) is 4.04. The number of nitrogens with one attached hydrogen (secondary N) is 1. The van der Waals surface area contributed by atoms with Crippen LogP contribution in [0, 0.1) is 0 Å². The van der Waals surface area contributed by atoms with E-state index in [1.54, 1.807) is 14.2 Å². The molecular formula is C17H26N2O2. The van der Waals surface area contributed by atoms with Crippen molar-refractivity contribution in [1.29, 1.82) is 0 Å². The molecule has 1 aromatic rings. The van der Waals surface area contributed by atoms with E-state index in [4.69, 9.17) is 9.47 Å². The summed E-state index contributed by atoms with van der Waals surface area (Å²) in [6.45, 7) is 3.27. The number of methoxy groups -OCH3 is 2. The average Bonchev–Trinajstić information content (AvgIpc) is 2.78. The fraction of sp³-hybridized carbons (Fsp3) is 0.647. The molecule has 0 radical (unpaired) electrons. The van der Waals surface area contributed by atoms with Gasteiger partial charge in [-0.25, -0.2) is 0 Å². The molecule has 2 bridgehead atoms. The van der Waals surface area contributed by atoms with Gasteiger partial charge in [-0.1, -0.05) is 6.92 Å². The summed E-state index contributed by atoms with van der Waals surface area (Å²) in [6.07, 6.45) is 5.11. The van der Waals surface area contributed by atoms with Gasteiger partial charge in [0.2, 0.25) is 0 Å². The molecule has 1 N–H and O–H groups in total. The van der Waals surface area contributed by atoms with Gasteiger partial charge in [0, 0.05) is 29.9 Å². The maximum atomic E-state index is 5.45. The van der Waals surface area contributed by atoms with Crippen molar-refractivity contribution in [3.63, 3.8) is 0 Å². The highest BCUT2D eigenvalue weighted by molar-refractivity contribution is 5.58. The fourth-order valence-corrected chi connectivity index (χ4v) is 4.04. The highest BCUT2D eigenvalue weighted by Gasteiger charge is 2.40. The molecule has 0 aliphatic carbocycles. The lowest BCUT2D eigenvalue weighted by atomic mass is 9.96. The van der Waals surface area contributed by atoms with Crippen molar-refractivity contribution >= 4 is 5.69 Å². The molecule has 2 aliphatic rings. The van der Waals surface area contributed by atoms with Crippen molar-refractivity contribution in [1.82, 2.24) is 5.32 Å². The van der Waals surface area contributed by atoms with Gasteiger partial charge < -0.3 is 19.7 Å². The number of fused-ring (bicyclic) bond motifs is 2. The van der Waals surface area contributed by atoms with Gasteiger partial charge in [-0.05, 0) is 44.4 Å². The van der Waals surface area contributed by atoms with Gasteiger partial charge >= 0.3 is 0 Å². The van der Waals surface area contributed by atoms with Gasteiger partial charge in [-0.2, -0.15) is 0 Å². The maximum absolute atomic E-state index is 5.45. The van der Waals surface area contributed by atoms with E-state index in [0.717, 1.165) is 18.0 Å². The van der Waals surface area contributed by atoms with Gasteiger partial charge in [0.05, 0.1) is 14.2 Å². The maximum Gasteiger partial charge on any atom is 0.162 e. The lowest BCUT2D eigenvalue weighted by Gasteiger charge is -2.41. The van der Waals surface area contributed by atoms with Crippen LogP contribution in [0.1, 0.15) is 32.6 Å². The first-order chi connectivity index (χ1) is 10.3. The van der Waals surface area contributed by atoms with Crippen molar-refractivity contribution < 1.29 is 9.47 Å². The van der Waals surface area contributed by atoms with Crippen LogP contribution in [0.4, 0.5) is 5.69 Å². The molecular weight excluding hydrogens is 264 g/mol. The number of ether oxygens (including phenoxy) is 2. The number of hydrogen-bond donors (Lipinski definition) is 1. The summed E-state index contributed by atoms with van der Waals surface area (Å²) in [5, 5.41) is 3.63. The molecule has 4 nitrogen and oxygen atoms in total. The summed E-state index contributed by atoms with van der Waals surface area (Å²) in [5.74, 6) is 1.62. The largest absolute Gasteiger partial charge is 0.493 e. The first-order valence-corrected chi connectivity index (χ1v) is 8.00. The van der Waals surface area contributed by atoms with E-state index in [-0.39, 0.29) is 0 Å². The summed E-state index contributed by atoms with van der Waals surface area (Å²) >= 11 is 0. The van der Waals surface area contributed by atoms with Crippen LogP contribution in [-0.4, -0.2) is 38.9 Å². The molecule has 2 unspecified atom stereocenters. The molecule has 3 rings (SSSR count). The van der Waals surface area contributed by atoms with Crippen molar-refractivity contribution in [3.8, 4) is 11.5 Å². The van der Waals surface area contributed by atoms with E-state index in [2.05, 4.69) is 29.3 Å². The van der Waals surface area contributed by atoms with Crippen molar-refractivity contribution in [2.75, 3.05) is 25.7 Å². The Balaban J connectivity index is 1.82. The first kappa shape index (κ1) is 14.5. The second kappa shape index (κ2) is 6.14. The lowest BCUT2D eigenvalue weighted by molar-refractivity contribution is 0.351. The highest BCUT2D eigenvalue weighted by Crippen LogP contribution is 2.41. The minimum atomic E-state index is 0.658. The van der Waals surface area contributed by atoms with Crippen molar-refractivity contribution in [2.45, 2.75) is 50.7 Å². The summed E-state index contributed by atoms with van der Waals surface area (Å²) in [6, 6.07) is 8.31. The zero-order valence-electron chi connectivity index (χ0n) is 13.3. The first-order valence-electron chi connectivity index (χ1n) is 8.00. The van der Waals surface area contributed by atoms with E-state index in [1.807, 2.05) is 6.07 Å². The minimum absolute atomic E-state index is 0.658. The van der Waals surface area contributed by atoms with Gasteiger partial charge in [-0.3, -0.25) is 0 Å². The number of anilines is 1. The highest BCUT2D eigenvalue weighted by atomic mass is 16.5. The molecule has 0 spiro atoms. The Hall–Kier alpha value is -1.42. The van der Waals surface area contributed by atoms with Gasteiger partial charge in [0.15, 0.2) is 11.5 Å². The Bertz CT molecular complexity index is 478. The molecule has 21 heavy (non-hydrogen) atoms. The van der Waals surface area contributed by atoms with Crippen LogP contribution in [0.15, 0.2) is 18.2 Å². The molecule has 2 aliphatic heterocycles. The van der Waals surface area contributed by atoms with Crippen LogP contribution < -0.4 is 19.7 Å². The Morgan fingerprint density at radius 1 is 1.10 bits per heavy atom. The summed E-state index contributed by atoms with van der Waals surface area (Å²) in [4.78, 5) is 2.61. The van der Waals surface area contributed by atoms with Crippen LogP contribution in [0.5, 0.6) is 11.5 Å². The van der Waals surface area contributed by atoms with Crippen LogP contribution in [0.25, 0.3) is 0 Å². The molecule has 0 amide bonds. The smallest absolute Gasteiger partial charge is 0.162 e. The molecule has 2 heterocycles. The normalized spacial score (nSPS) is 27.8. The zero-order chi connectivity index (χ0) is 14.8. The van der Waals surface area contributed by atoms with Crippen LogP contribution in [-0.2, 0) is 0 Å². The van der Waals surface area contributed by atoms with Gasteiger partial charge in [0.1, 0.15) is 0 Å². The van der Waals surface area contributed by atoms with E-state index in [9.17, 15) is 0 Å². The van der Waals surface area contributed by atoms with Crippen LogP contribution in [0.3, 0.4) is 0 Å². The van der Waals surface area contributed by atoms with Gasteiger partial charge in [0.25, 0.3) is 0 Å². The van der Waals surface area contributed by atoms with Gasteiger partial charge in [-0.15, -0.1) is 0 Å². The Kier molecular flexibility index (Phi) is 4.24. The Labute approximate surface area is 127 Å². The van der Waals surface area contributed by atoms with E-state index < -0.39 is 0 Å². The molecule has 4 heteroatoms. The summed E-state index contributed by atoms with van der Waals surface area (Å²) in [7, 11) is 3.39. The third kappa shape index (κ3) is 2.69. The average molecular weight is 290 g/mol. The second-order valence-corrected chi connectivity index (χ2v) is 6.06. The standard InChI is InChI=1S/C17H26N2O2/c1-4-18-12-9-13-5-6-14(10-12)19(13)15-7-8-16(20-2)17(11-15)21-3/h7-8,11-14,18H,4-6,9-10H2,1-3H3. The third-order valence-electron chi connectivity index (χ3n) is 4.89. The lowest BCUT2D eigenvalue weighted by Crippen LogP contribution is -2.49. The third-order valence-corrected chi connectivity index (χ3v) is 4.89. The zero-order valence-corrected chi connectivity index (χ0v) is 13.3. The number of hydrogen-bond acceptors (Lipinski definition) is 4. The predicted molar refractivity (Wildman–Crippen MR) is 85.5 cm³/mol. The van der Waals surface area contributed by atoms with Crippen molar-refractivity contribution in [2.24, 2.45) is 0 Å². The van der Waals surface area contributed by atoms with Crippen LogP contribution in [0.2, 0.25) is 0 Å². The topological polar surface area (TPSA) is 33.7 Å². The number of benzene rings is 1. The van der Waals surface area contributed by atoms with Crippen molar-refractivity contribution in [3.05, 3.63) is 18.2 Å². The summed E-state index contributed by atoms with van der Waals surface area (Å²) in [5.41, 5.74) is 1.27. The van der Waals surface area contributed by atoms with E-state index in [1.165, 1.54) is 31.4 Å². The molecule has 2 fully saturated rings. The Morgan fingerprint density at radius 2 is 1.76 bits per heavy atom.